The van der Waals surface area contributed by atoms with E-state index in [1.807, 2.05) is 0 Å². The summed E-state index contributed by atoms with van der Waals surface area (Å²) in [7, 11) is 1.52. The van der Waals surface area contributed by atoms with Gasteiger partial charge in [0.1, 0.15) is 5.82 Å². The third kappa shape index (κ3) is 6.02. The Morgan fingerprint density at radius 3 is 2.52 bits per heavy atom. The predicted octanol–water partition coefficient (Wildman–Crippen LogP) is 3.20. The minimum atomic E-state index is -1.26. The number of rotatable bonds is 9. The minimum Gasteiger partial charge on any atom is -0.479 e. The Morgan fingerprint density at radius 2 is 1.89 bits per heavy atom. The number of carboxylic acids is 1. The molecule has 2 aromatic rings. The van der Waals surface area contributed by atoms with Crippen LogP contribution in [0.2, 0.25) is 5.02 Å². The highest BCUT2D eigenvalue weighted by Crippen LogP contribution is 2.18. The van der Waals surface area contributed by atoms with E-state index in [-0.39, 0.29) is 24.3 Å². The zero-order valence-corrected chi connectivity index (χ0v) is 15.3. The number of carbonyl (C=O) groups is 2. The van der Waals surface area contributed by atoms with Gasteiger partial charge in [0, 0.05) is 23.3 Å². The molecule has 0 aliphatic carbocycles. The largest absolute Gasteiger partial charge is 0.479 e. The van der Waals surface area contributed by atoms with Crippen molar-refractivity contribution in [2.75, 3.05) is 20.3 Å². The van der Waals surface area contributed by atoms with Crippen LogP contribution in [0.4, 0.5) is 4.39 Å². The molecule has 0 spiro atoms. The number of hydrogen-bond donors (Lipinski definition) is 2. The van der Waals surface area contributed by atoms with Gasteiger partial charge in [0.15, 0.2) is 6.04 Å². The highest BCUT2D eigenvalue weighted by molar-refractivity contribution is 6.30. The molecule has 0 heterocycles. The van der Waals surface area contributed by atoms with E-state index < -0.39 is 23.7 Å². The van der Waals surface area contributed by atoms with E-state index in [0.29, 0.717) is 17.2 Å². The van der Waals surface area contributed by atoms with Crippen LogP contribution in [-0.2, 0) is 20.9 Å². The molecule has 0 aromatic heterocycles. The summed E-state index contributed by atoms with van der Waals surface area (Å²) in [5, 5.41) is 12.3. The lowest BCUT2D eigenvalue weighted by Gasteiger charge is -2.15. The van der Waals surface area contributed by atoms with Crippen molar-refractivity contribution >= 4 is 23.5 Å². The molecular weight excluding hydrogens is 377 g/mol. The number of methoxy groups -OCH3 is 1. The molecule has 6 nitrogen and oxygen atoms in total. The smallest absolute Gasteiger partial charge is 0.330 e. The van der Waals surface area contributed by atoms with Gasteiger partial charge in [-0.25, -0.2) is 9.18 Å². The van der Waals surface area contributed by atoms with Gasteiger partial charge in [0.25, 0.3) is 5.91 Å². The number of nitrogens with one attached hydrogen (secondary N) is 1. The van der Waals surface area contributed by atoms with Crippen molar-refractivity contribution in [1.29, 1.82) is 0 Å². The third-order valence-corrected chi connectivity index (χ3v) is 3.97. The van der Waals surface area contributed by atoms with Crippen LogP contribution in [0, 0.1) is 5.82 Å². The van der Waals surface area contributed by atoms with Gasteiger partial charge >= 0.3 is 5.97 Å². The molecule has 0 bridgehead atoms. The lowest BCUT2D eigenvalue weighted by atomic mass is 10.1. The molecule has 27 heavy (non-hydrogen) atoms. The summed E-state index contributed by atoms with van der Waals surface area (Å²) in [4.78, 5) is 24.0. The zero-order valence-electron chi connectivity index (χ0n) is 14.6. The monoisotopic (exact) mass is 395 g/mol. The van der Waals surface area contributed by atoms with Crippen LogP contribution in [0.3, 0.4) is 0 Å². The van der Waals surface area contributed by atoms with Crippen LogP contribution in [-0.4, -0.2) is 37.3 Å². The van der Waals surface area contributed by atoms with Gasteiger partial charge in [-0.2, -0.15) is 0 Å². The van der Waals surface area contributed by atoms with Gasteiger partial charge < -0.3 is 19.9 Å². The van der Waals surface area contributed by atoms with E-state index in [9.17, 15) is 19.1 Å². The van der Waals surface area contributed by atoms with Crippen LogP contribution < -0.4 is 5.32 Å². The Labute approximate surface area is 160 Å². The molecule has 2 rings (SSSR count). The number of benzene rings is 2. The molecule has 0 radical (unpaired) electrons. The Morgan fingerprint density at radius 1 is 1.19 bits per heavy atom. The lowest BCUT2D eigenvalue weighted by molar-refractivity contribution is -0.139. The maximum Gasteiger partial charge on any atom is 0.330 e. The zero-order chi connectivity index (χ0) is 19.8. The van der Waals surface area contributed by atoms with Gasteiger partial charge in [0.05, 0.1) is 19.8 Å². The van der Waals surface area contributed by atoms with E-state index in [4.69, 9.17) is 21.1 Å². The lowest BCUT2D eigenvalue weighted by Crippen LogP contribution is -2.33. The summed E-state index contributed by atoms with van der Waals surface area (Å²) < 4.78 is 24.0. The summed E-state index contributed by atoms with van der Waals surface area (Å²) in [5.41, 5.74) is 0.685. The molecule has 0 fully saturated rings. The van der Waals surface area contributed by atoms with Crippen molar-refractivity contribution in [3.63, 3.8) is 0 Å². The van der Waals surface area contributed by atoms with Crippen molar-refractivity contribution in [3.05, 3.63) is 70.0 Å². The van der Waals surface area contributed by atoms with Crippen LogP contribution >= 0.6 is 11.6 Å². The normalized spacial score (nSPS) is 11.8. The van der Waals surface area contributed by atoms with Gasteiger partial charge in [0.2, 0.25) is 0 Å². The van der Waals surface area contributed by atoms with Gasteiger partial charge in [-0.1, -0.05) is 23.7 Å². The minimum absolute atomic E-state index is 0.0319. The molecule has 0 saturated heterocycles. The highest BCUT2D eigenvalue weighted by Gasteiger charge is 2.23. The molecular formula is C19H19ClFNO5. The fourth-order valence-corrected chi connectivity index (χ4v) is 2.43. The van der Waals surface area contributed by atoms with E-state index in [2.05, 4.69) is 5.32 Å². The quantitative estimate of drug-likeness (QED) is 0.637. The van der Waals surface area contributed by atoms with E-state index in [1.165, 1.54) is 43.5 Å². The Kier molecular flexibility index (Phi) is 7.72. The SMILES string of the molecule is COCCOCc1cc(C(=O)NC(C(=O)O)c2ccc(Cl)cc2)ccc1F. The van der Waals surface area contributed by atoms with Crippen LogP contribution in [0.5, 0.6) is 0 Å². The number of hydrogen-bond acceptors (Lipinski definition) is 4. The highest BCUT2D eigenvalue weighted by atomic mass is 35.5. The second kappa shape index (κ2) is 10.0. The van der Waals surface area contributed by atoms with Gasteiger partial charge in [-0.15, -0.1) is 0 Å². The fraction of sp³-hybridized carbons (Fsp3) is 0.263. The van der Waals surface area contributed by atoms with Gasteiger partial charge in [-0.3, -0.25) is 4.79 Å². The van der Waals surface area contributed by atoms with Gasteiger partial charge in [-0.05, 0) is 35.9 Å². The molecule has 0 aliphatic rings. The first-order valence-corrected chi connectivity index (χ1v) is 8.44. The average Bonchev–Trinajstić information content (AvgIpc) is 2.65. The molecule has 0 saturated carbocycles. The molecule has 1 unspecified atom stereocenters. The van der Waals surface area contributed by atoms with E-state index >= 15 is 0 Å². The summed E-state index contributed by atoms with van der Waals surface area (Å²) >= 11 is 5.80. The Balaban J connectivity index is 2.13. The second-order valence-corrected chi connectivity index (χ2v) is 6.08. The first-order valence-electron chi connectivity index (χ1n) is 8.06. The summed E-state index contributed by atoms with van der Waals surface area (Å²) in [5.74, 6) is -2.39. The number of halogens is 2. The first-order chi connectivity index (χ1) is 12.9. The average molecular weight is 396 g/mol. The van der Waals surface area contributed by atoms with E-state index in [0.717, 1.165) is 6.07 Å². The standard InChI is InChI=1S/C19H19ClFNO5/c1-26-8-9-27-11-14-10-13(4-7-16(14)21)18(23)22-17(19(24)25)12-2-5-15(20)6-3-12/h2-7,10,17H,8-9,11H2,1H3,(H,22,23)(H,24,25). The molecule has 144 valence electrons. The van der Waals surface area contributed by atoms with Crippen molar-refractivity contribution < 1.29 is 28.6 Å². The van der Waals surface area contributed by atoms with Crippen molar-refractivity contribution in [2.24, 2.45) is 0 Å². The summed E-state index contributed by atoms with van der Waals surface area (Å²) in [6, 6.07) is 8.59. The van der Waals surface area contributed by atoms with E-state index in [1.54, 1.807) is 0 Å². The third-order valence-electron chi connectivity index (χ3n) is 3.72. The molecule has 2 N–H and O–H groups in total. The number of carbonyl (C=O) groups excluding carboxylic acids is 1. The van der Waals surface area contributed by atoms with Crippen LogP contribution in [0.25, 0.3) is 0 Å². The van der Waals surface area contributed by atoms with Crippen LogP contribution in [0.15, 0.2) is 42.5 Å². The number of amides is 1. The molecule has 2 aromatic carbocycles. The predicted molar refractivity (Wildman–Crippen MR) is 97.2 cm³/mol. The summed E-state index contributed by atoms with van der Waals surface area (Å²) in [6.45, 7) is 0.614. The number of carboxylic acid groups (broad SMARTS) is 1. The molecule has 8 heteroatoms. The molecule has 0 aliphatic heterocycles. The number of aliphatic carboxylic acids is 1. The van der Waals surface area contributed by atoms with Crippen LogP contribution in [0.1, 0.15) is 27.5 Å². The topological polar surface area (TPSA) is 84.9 Å². The maximum absolute atomic E-state index is 13.9. The molecule has 1 atom stereocenters. The fourth-order valence-electron chi connectivity index (χ4n) is 2.31. The summed E-state index contributed by atoms with van der Waals surface area (Å²) in [6.07, 6.45) is 0. The molecule has 1 amide bonds. The maximum atomic E-state index is 13.9. The van der Waals surface area contributed by atoms with Crippen molar-refractivity contribution in [2.45, 2.75) is 12.6 Å². The number of ether oxygens (including phenoxy) is 2. The van der Waals surface area contributed by atoms with Crippen molar-refractivity contribution in [3.8, 4) is 0 Å². The Bertz CT molecular complexity index is 797. The van der Waals surface area contributed by atoms with Crippen molar-refractivity contribution in [1.82, 2.24) is 5.32 Å². The first kappa shape index (κ1) is 20.8. The second-order valence-electron chi connectivity index (χ2n) is 5.65. The Hall–Kier alpha value is -2.48.